The third kappa shape index (κ3) is 5.61. The Kier molecular flexibility index (Phi) is 7.95. The first kappa shape index (κ1) is 29.5. The van der Waals surface area contributed by atoms with E-state index in [1.165, 1.54) is 13.0 Å². The number of pyridine rings is 1. The highest BCUT2D eigenvalue weighted by molar-refractivity contribution is 6.34. The van der Waals surface area contributed by atoms with Gasteiger partial charge >= 0.3 is 12.2 Å². The van der Waals surface area contributed by atoms with Crippen molar-refractivity contribution in [3.05, 3.63) is 34.1 Å². The molecular weight excluding hydrogens is 562 g/mol. The Hall–Kier alpha value is -2.96. The molecule has 2 N–H and O–H groups in total. The number of halogens is 5. The van der Waals surface area contributed by atoms with Gasteiger partial charge in [0.05, 0.1) is 21.8 Å². The molecule has 0 spiro atoms. The molecule has 4 heterocycles. The molecule has 2 aliphatic rings. The molecule has 2 fully saturated rings. The monoisotopic (exact) mass is 595 g/mol. The Labute approximate surface area is 241 Å². The predicted molar refractivity (Wildman–Crippen MR) is 152 cm³/mol. The van der Waals surface area contributed by atoms with Crippen molar-refractivity contribution in [2.45, 2.75) is 58.0 Å². The number of nitrogen functional groups attached to an aromatic ring is 1. The van der Waals surface area contributed by atoms with E-state index in [0.717, 1.165) is 38.5 Å². The topological polar surface area (TPSA) is 83.6 Å². The van der Waals surface area contributed by atoms with Crippen molar-refractivity contribution in [2.24, 2.45) is 0 Å². The van der Waals surface area contributed by atoms with Gasteiger partial charge in [0.15, 0.2) is 5.82 Å². The summed E-state index contributed by atoms with van der Waals surface area (Å²) in [5.41, 5.74) is 3.11. The molecule has 0 saturated carbocycles. The highest BCUT2D eigenvalue weighted by Gasteiger charge is 2.39. The Balaban J connectivity index is 1.73. The lowest BCUT2D eigenvalue weighted by atomic mass is 9.99. The van der Waals surface area contributed by atoms with Crippen LogP contribution in [0.5, 0.6) is 6.01 Å². The van der Waals surface area contributed by atoms with Crippen molar-refractivity contribution < 1.29 is 22.3 Å². The zero-order valence-corrected chi connectivity index (χ0v) is 24.4. The van der Waals surface area contributed by atoms with Crippen LogP contribution in [-0.4, -0.2) is 83.2 Å². The van der Waals surface area contributed by atoms with Gasteiger partial charge in [-0.3, -0.25) is 4.90 Å². The normalized spacial score (nSPS) is 21.6. The number of piperazine rings is 1. The van der Waals surface area contributed by atoms with Gasteiger partial charge in [0, 0.05) is 37.1 Å². The SMILES string of the molecule is Cc1cc(N)nc(-c2c(Cl)cc3c(N4CCN(C)C[C@@H]4C)nc(OC(C)[C@@H]4CCCN4C)nc3c2F)c1C(F)(F)F. The molecule has 0 amide bonds. The van der Waals surface area contributed by atoms with Crippen LogP contribution in [0.25, 0.3) is 22.2 Å². The molecule has 2 saturated heterocycles. The Bertz CT molecular complexity index is 1470. The average Bonchev–Trinajstić information content (AvgIpc) is 3.29. The van der Waals surface area contributed by atoms with Gasteiger partial charge in [-0.05, 0) is 71.9 Å². The number of fused-ring (bicyclic) bond motifs is 1. The van der Waals surface area contributed by atoms with Gasteiger partial charge in [-0.15, -0.1) is 0 Å². The maximum Gasteiger partial charge on any atom is 0.418 e. The Morgan fingerprint density at radius 1 is 1.12 bits per heavy atom. The molecule has 8 nitrogen and oxygen atoms in total. The summed E-state index contributed by atoms with van der Waals surface area (Å²) in [6, 6.07) is 2.59. The van der Waals surface area contributed by atoms with E-state index >= 15 is 4.39 Å². The second-order valence-corrected chi connectivity index (χ2v) is 11.6. The molecule has 222 valence electrons. The maximum absolute atomic E-state index is 16.5. The average molecular weight is 596 g/mol. The minimum Gasteiger partial charge on any atom is -0.459 e. The number of hydrogen-bond donors (Lipinski definition) is 1. The number of ether oxygens (including phenoxy) is 1. The second kappa shape index (κ2) is 11.0. The third-order valence-corrected chi connectivity index (χ3v) is 8.41. The number of hydrogen-bond acceptors (Lipinski definition) is 8. The minimum atomic E-state index is -4.83. The minimum absolute atomic E-state index is 0.00896. The van der Waals surface area contributed by atoms with Gasteiger partial charge in [0.25, 0.3) is 0 Å². The maximum atomic E-state index is 16.5. The molecule has 3 aromatic rings. The molecule has 0 aliphatic carbocycles. The van der Waals surface area contributed by atoms with Crippen LogP contribution in [0.3, 0.4) is 0 Å². The van der Waals surface area contributed by atoms with E-state index in [1.54, 1.807) is 0 Å². The molecule has 2 aliphatic heterocycles. The zero-order chi connectivity index (χ0) is 29.8. The summed E-state index contributed by atoms with van der Waals surface area (Å²) in [5.74, 6) is -0.816. The van der Waals surface area contributed by atoms with Crippen LogP contribution in [-0.2, 0) is 6.18 Å². The highest BCUT2D eigenvalue weighted by atomic mass is 35.5. The number of aromatic nitrogens is 3. The van der Waals surface area contributed by atoms with Crippen LogP contribution in [0.1, 0.15) is 37.8 Å². The molecule has 41 heavy (non-hydrogen) atoms. The lowest BCUT2D eigenvalue weighted by Gasteiger charge is -2.39. The molecule has 2 aromatic heterocycles. The largest absolute Gasteiger partial charge is 0.459 e. The summed E-state index contributed by atoms with van der Waals surface area (Å²) in [5, 5.41) is 0.0269. The van der Waals surface area contributed by atoms with Gasteiger partial charge in [-0.1, -0.05) is 11.6 Å². The summed E-state index contributed by atoms with van der Waals surface area (Å²) in [6.45, 7) is 8.20. The summed E-state index contributed by atoms with van der Waals surface area (Å²) >= 11 is 6.56. The summed E-state index contributed by atoms with van der Waals surface area (Å²) < 4.78 is 65.2. The van der Waals surface area contributed by atoms with Gasteiger partial charge in [0.1, 0.15) is 23.3 Å². The first-order valence-electron chi connectivity index (χ1n) is 13.6. The third-order valence-electron chi connectivity index (χ3n) is 8.11. The molecule has 5 rings (SSSR count). The summed E-state index contributed by atoms with van der Waals surface area (Å²) in [7, 11) is 4.03. The molecule has 1 aromatic carbocycles. The standard InChI is InChI=1S/C28H34ClF4N7O/c1-14-11-20(34)35-25(22(14)28(31,32)33)21-18(29)12-17-24(23(21)30)36-27(41-16(3)19-7-6-8-39(19)5)37-26(17)40-10-9-38(4)13-15(40)2/h11-12,15-16,19H,6-10,13H2,1-5H3,(H2,34,35)/t15-,16?,19-/m0/s1. The van der Waals surface area contributed by atoms with E-state index in [2.05, 4.69) is 19.8 Å². The van der Waals surface area contributed by atoms with Crippen molar-refractivity contribution in [2.75, 3.05) is 50.9 Å². The number of benzene rings is 1. The van der Waals surface area contributed by atoms with Crippen molar-refractivity contribution in [3.63, 3.8) is 0 Å². The number of alkyl halides is 3. The highest BCUT2D eigenvalue weighted by Crippen LogP contribution is 2.44. The number of nitrogens with zero attached hydrogens (tertiary/aromatic N) is 6. The van der Waals surface area contributed by atoms with E-state index in [0.29, 0.717) is 12.4 Å². The number of rotatable bonds is 5. The zero-order valence-electron chi connectivity index (χ0n) is 23.7. The van der Waals surface area contributed by atoms with E-state index in [1.807, 2.05) is 32.8 Å². The lowest BCUT2D eigenvalue weighted by molar-refractivity contribution is -0.137. The van der Waals surface area contributed by atoms with Crippen LogP contribution >= 0.6 is 11.6 Å². The number of likely N-dealkylation sites (N-methyl/N-ethyl adjacent to an activating group) is 2. The fraction of sp³-hybridized carbons (Fsp3) is 0.536. The molecule has 1 unspecified atom stereocenters. The number of nitrogens with two attached hydrogens (primary N) is 1. The van der Waals surface area contributed by atoms with Crippen molar-refractivity contribution in [1.29, 1.82) is 0 Å². The number of aryl methyl sites for hydroxylation is 1. The van der Waals surface area contributed by atoms with E-state index in [-0.39, 0.29) is 51.5 Å². The fourth-order valence-corrected chi connectivity index (χ4v) is 6.40. The van der Waals surface area contributed by atoms with Crippen LogP contribution in [0, 0.1) is 12.7 Å². The smallest absolute Gasteiger partial charge is 0.418 e. The van der Waals surface area contributed by atoms with Gasteiger partial charge in [0.2, 0.25) is 0 Å². The molecule has 3 atom stereocenters. The van der Waals surface area contributed by atoms with E-state index in [4.69, 9.17) is 27.1 Å². The molecule has 13 heteroatoms. The molecular formula is C28H34ClF4N7O. The first-order chi connectivity index (χ1) is 19.3. The van der Waals surface area contributed by atoms with Crippen molar-refractivity contribution in [1.82, 2.24) is 24.8 Å². The predicted octanol–water partition coefficient (Wildman–Crippen LogP) is 5.40. The van der Waals surface area contributed by atoms with Gasteiger partial charge in [-0.25, -0.2) is 9.37 Å². The van der Waals surface area contributed by atoms with Crippen molar-refractivity contribution in [3.8, 4) is 17.3 Å². The first-order valence-corrected chi connectivity index (χ1v) is 14.0. The van der Waals surface area contributed by atoms with Gasteiger partial charge in [-0.2, -0.15) is 23.1 Å². The fourth-order valence-electron chi connectivity index (χ4n) is 6.11. The van der Waals surface area contributed by atoms with E-state index < -0.39 is 28.8 Å². The van der Waals surface area contributed by atoms with Gasteiger partial charge < -0.3 is 20.3 Å². The molecule has 0 radical (unpaired) electrons. The summed E-state index contributed by atoms with van der Waals surface area (Å²) in [4.78, 5) is 19.4. The Morgan fingerprint density at radius 3 is 2.49 bits per heavy atom. The number of likely N-dealkylation sites (tertiary alicyclic amines) is 1. The van der Waals surface area contributed by atoms with E-state index in [9.17, 15) is 13.2 Å². The molecule has 0 bridgehead atoms. The van der Waals surface area contributed by atoms with Crippen LogP contribution in [0.4, 0.5) is 29.2 Å². The Morgan fingerprint density at radius 2 is 1.85 bits per heavy atom. The number of anilines is 2. The summed E-state index contributed by atoms with van der Waals surface area (Å²) in [6.07, 6.45) is -3.17. The van der Waals surface area contributed by atoms with Crippen LogP contribution in [0.15, 0.2) is 12.1 Å². The van der Waals surface area contributed by atoms with Crippen molar-refractivity contribution >= 4 is 34.1 Å². The quantitative estimate of drug-likeness (QED) is 0.393. The van der Waals surface area contributed by atoms with Crippen LogP contribution < -0.4 is 15.4 Å². The lowest BCUT2D eigenvalue weighted by Crippen LogP contribution is -2.51. The second-order valence-electron chi connectivity index (χ2n) is 11.2. The van der Waals surface area contributed by atoms with Crippen LogP contribution in [0.2, 0.25) is 5.02 Å².